The lowest BCUT2D eigenvalue weighted by Gasteiger charge is -2.23. The molecule has 0 saturated carbocycles. The third-order valence-corrected chi connectivity index (χ3v) is 4.64. The standard InChI is InChI=1S/C15H21ClN2OS/c16-12-5-7-14(8-6-12)20-10-2-4-15(19)18-13-3-1-9-17-11-13/h5-8,13,17H,1-4,9-11H2,(H,18,19). The molecular formula is C15H21ClN2OS. The lowest BCUT2D eigenvalue weighted by atomic mass is 10.1. The second-order valence-electron chi connectivity index (χ2n) is 5.02. The molecule has 1 amide bonds. The highest BCUT2D eigenvalue weighted by molar-refractivity contribution is 7.99. The topological polar surface area (TPSA) is 41.1 Å². The molecule has 0 spiro atoms. The third kappa shape index (κ3) is 5.73. The Morgan fingerprint density at radius 1 is 1.40 bits per heavy atom. The Kier molecular flexibility index (Phi) is 6.70. The van der Waals surface area contributed by atoms with Crippen LogP contribution in [-0.4, -0.2) is 30.8 Å². The summed E-state index contributed by atoms with van der Waals surface area (Å²) in [6.07, 6.45) is 3.76. The third-order valence-electron chi connectivity index (χ3n) is 3.29. The molecule has 2 rings (SSSR count). The van der Waals surface area contributed by atoms with Crippen molar-refractivity contribution in [3.05, 3.63) is 29.3 Å². The van der Waals surface area contributed by atoms with Gasteiger partial charge in [-0.05, 0) is 55.8 Å². The Hall–Kier alpha value is -0.710. The van der Waals surface area contributed by atoms with Crippen LogP contribution in [0.5, 0.6) is 0 Å². The number of halogens is 1. The maximum Gasteiger partial charge on any atom is 0.220 e. The Labute approximate surface area is 129 Å². The van der Waals surface area contributed by atoms with Crippen molar-refractivity contribution < 1.29 is 4.79 Å². The predicted octanol–water partition coefficient (Wildman–Crippen LogP) is 3.08. The lowest BCUT2D eigenvalue weighted by molar-refractivity contribution is -0.121. The van der Waals surface area contributed by atoms with Gasteiger partial charge in [0.2, 0.25) is 5.91 Å². The van der Waals surface area contributed by atoms with Crippen LogP contribution in [0.2, 0.25) is 5.02 Å². The largest absolute Gasteiger partial charge is 0.352 e. The minimum Gasteiger partial charge on any atom is -0.352 e. The Balaban J connectivity index is 1.58. The number of carbonyl (C=O) groups is 1. The Bertz CT molecular complexity index is 418. The lowest BCUT2D eigenvalue weighted by Crippen LogP contribution is -2.45. The number of hydrogen-bond donors (Lipinski definition) is 2. The second kappa shape index (κ2) is 8.55. The van der Waals surface area contributed by atoms with E-state index in [9.17, 15) is 4.79 Å². The summed E-state index contributed by atoms with van der Waals surface area (Å²) in [7, 11) is 0. The van der Waals surface area contributed by atoms with Crippen molar-refractivity contribution in [3.8, 4) is 0 Å². The summed E-state index contributed by atoms with van der Waals surface area (Å²) in [6.45, 7) is 1.98. The van der Waals surface area contributed by atoms with Gasteiger partial charge in [0, 0.05) is 28.9 Å². The summed E-state index contributed by atoms with van der Waals surface area (Å²) in [5.41, 5.74) is 0. The fourth-order valence-corrected chi connectivity index (χ4v) is 3.21. The Morgan fingerprint density at radius 3 is 2.90 bits per heavy atom. The number of amides is 1. The molecule has 0 radical (unpaired) electrons. The van der Waals surface area contributed by atoms with Crippen molar-refractivity contribution in [2.24, 2.45) is 0 Å². The van der Waals surface area contributed by atoms with E-state index < -0.39 is 0 Å². The van der Waals surface area contributed by atoms with E-state index in [0.717, 1.165) is 43.1 Å². The van der Waals surface area contributed by atoms with Crippen molar-refractivity contribution in [1.82, 2.24) is 10.6 Å². The van der Waals surface area contributed by atoms with Gasteiger partial charge in [0.1, 0.15) is 0 Å². The number of carbonyl (C=O) groups excluding carboxylic acids is 1. The van der Waals surface area contributed by atoms with Gasteiger partial charge in [-0.25, -0.2) is 0 Å². The van der Waals surface area contributed by atoms with Gasteiger partial charge in [-0.1, -0.05) is 11.6 Å². The zero-order valence-corrected chi connectivity index (χ0v) is 13.1. The fourth-order valence-electron chi connectivity index (χ4n) is 2.23. The van der Waals surface area contributed by atoms with Crippen LogP contribution in [0.3, 0.4) is 0 Å². The SMILES string of the molecule is O=C(CCCSc1ccc(Cl)cc1)NC1CCCNC1. The van der Waals surface area contributed by atoms with E-state index in [1.54, 1.807) is 11.8 Å². The highest BCUT2D eigenvalue weighted by Gasteiger charge is 2.14. The van der Waals surface area contributed by atoms with Crippen LogP contribution < -0.4 is 10.6 Å². The van der Waals surface area contributed by atoms with E-state index in [0.29, 0.717) is 12.5 Å². The number of hydrogen-bond acceptors (Lipinski definition) is 3. The van der Waals surface area contributed by atoms with Gasteiger partial charge in [-0.2, -0.15) is 0 Å². The summed E-state index contributed by atoms with van der Waals surface area (Å²) < 4.78 is 0. The van der Waals surface area contributed by atoms with Crippen LogP contribution >= 0.6 is 23.4 Å². The molecule has 3 nitrogen and oxygen atoms in total. The molecule has 110 valence electrons. The zero-order valence-electron chi connectivity index (χ0n) is 11.5. The molecule has 1 atom stereocenters. The van der Waals surface area contributed by atoms with Crippen LogP contribution in [0.25, 0.3) is 0 Å². The van der Waals surface area contributed by atoms with Gasteiger partial charge in [0.25, 0.3) is 0 Å². The molecule has 1 aromatic rings. The molecule has 1 fully saturated rings. The molecule has 1 heterocycles. The van der Waals surface area contributed by atoms with E-state index in [2.05, 4.69) is 10.6 Å². The first-order valence-electron chi connectivity index (χ1n) is 7.12. The first-order valence-corrected chi connectivity index (χ1v) is 8.49. The normalized spacial score (nSPS) is 18.8. The van der Waals surface area contributed by atoms with Gasteiger partial charge in [-0.3, -0.25) is 4.79 Å². The maximum atomic E-state index is 11.8. The monoisotopic (exact) mass is 312 g/mol. The zero-order chi connectivity index (χ0) is 14.2. The van der Waals surface area contributed by atoms with E-state index in [4.69, 9.17) is 11.6 Å². The molecule has 1 aliphatic heterocycles. The summed E-state index contributed by atoms with van der Waals surface area (Å²) in [4.78, 5) is 13.0. The minimum absolute atomic E-state index is 0.176. The van der Waals surface area contributed by atoms with Gasteiger partial charge in [-0.15, -0.1) is 11.8 Å². The predicted molar refractivity (Wildman–Crippen MR) is 85.4 cm³/mol. The van der Waals surface area contributed by atoms with Crippen molar-refractivity contribution in [1.29, 1.82) is 0 Å². The summed E-state index contributed by atoms with van der Waals surface area (Å²) in [6, 6.07) is 8.14. The van der Waals surface area contributed by atoms with E-state index >= 15 is 0 Å². The molecule has 1 saturated heterocycles. The van der Waals surface area contributed by atoms with Crippen LogP contribution in [-0.2, 0) is 4.79 Å². The molecule has 5 heteroatoms. The van der Waals surface area contributed by atoms with Gasteiger partial charge < -0.3 is 10.6 Å². The first kappa shape index (κ1) is 15.7. The highest BCUT2D eigenvalue weighted by Crippen LogP contribution is 2.21. The van der Waals surface area contributed by atoms with Gasteiger partial charge in [0.05, 0.1) is 0 Å². The van der Waals surface area contributed by atoms with Crippen LogP contribution in [0.4, 0.5) is 0 Å². The number of thioether (sulfide) groups is 1. The maximum absolute atomic E-state index is 11.8. The van der Waals surface area contributed by atoms with Crippen molar-refractivity contribution in [2.75, 3.05) is 18.8 Å². The van der Waals surface area contributed by atoms with E-state index in [-0.39, 0.29) is 5.91 Å². The average molecular weight is 313 g/mol. The summed E-state index contributed by atoms with van der Waals surface area (Å²) in [5, 5.41) is 7.16. The molecule has 0 aromatic heterocycles. The van der Waals surface area contributed by atoms with Crippen molar-refractivity contribution >= 4 is 29.3 Å². The van der Waals surface area contributed by atoms with Crippen LogP contribution in [0.1, 0.15) is 25.7 Å². The minimum atomic E-state index is 0.176. The van der Waals surface area contributed by atoms with Crippen LogP contribution in [0.15, 0.2) is 29.2 Å². The number of rotatable bonds is 6. The van der Waals surface area contributed by atoms with Gasteiger partial charge >= 0.3 is 0 Å². The van der Waals surface area contributed by atoms with Crippen LogP contribution in [0, 0.1) is 0 Å². The molecule has 20 heavy (non-hydrogen) atoms. The molecule has 0 bridgehead atoms. The Morgan fingerprint density at radius 2 is 2.20 bits per heavy atom. The quantitative estimate of drug-likeness (QED) is 0.626. The highest BCUT2D eigenvalue weighted by atomic mass is 35.5. The number of piperidine rings is 1. The molecule has 2 N–H and O–H groups in total. The fraction of sp³-hybridized carbons (Fsp3) is 0.533. The summed E-state index contributed by atoms with van der Waals surface area (Å²) >= 11 is 7.61. The smallest absolute Gasteiger partial charge is 0.220 e. The number of benzene rings is 1. The van der Waals surface area contributed by atoms with E-state index in [1.165, 1.54) is 4.90 Å². The van der Waals surface area contributed by atoms with E-state index in [1.807, 2.05) is 24.3 Å². The molecular weight excluding hydrogens is 292 g/mol. The van der Waals surface area contributed by atoms with Crippen molar-refractivity contribution in [3.63, 3.8) is 0 Å². The number of nitrogens with one attached hydrogen (secondary N) is 2. The molecule has 1 aromatic carbocycles. The van der Waals surface area contributed by atoms with Gasteiger partial charge in [0.15, 0.2) is 0 Å². The molecule has 1 aliphatic rings. The molecule has 1 unspecified atom stereocenters. The second-order valence-corrected chi connectivity index (χ2v) is 6.62. The first-order chi connectivity index (χ1) is 9.74. The summed E-state index contributed by atoms with van der Waals surface area (Å²) in [5.74, 6) is 1.13. The average Bonchev–Trinajstić information content (AvgIpc) is 2.46. The molecule has 0 aliphatic carbocycles. The van der Waals surface area contributed by atoms with Crippen molar-refractivity contribution in [2.45, 2.75) is 36.6 Å².